The molecule has 2 N–H and O–H groups in total. The Morgan fingerprint density at radius 2 is 2.05 bits per heavy atom. The van der Waals surface area contributed by atoms with E-state index in [1.807, 2.05) is 19.2 Å². The highest BCUT2D eigenvalue weighted by molar-refractivity contribution is 5.75. The quantitative estimate of drug-likeness (QED) is 0.746. The second-order valence-corrected chi connectivity index (χ2v) is 5.52. The minimum atomic E-state index is 0.177. The Kier molecular flexibility index (Phi) is 4.91. The van der Waals surface area contributed by atoms with Crippen molar-refractivity contribution in [2.75, 3.05) is 20.1 Å². The van der Waals surface area contributed by atoms with Crippen LogP contribution in [0.25, 0.3) is 0 Å². The maximum atomic E-state index is 11.8. The normalized spacial score (nSPS) is 16.1. The number of nitrogens with one attached hydrogen (secondary N) is 2. The van der Waals surface area contributed by atoms with E-state index in [1.54, 1.807) is 12.4 Å². The smallest absolute Gasteiger partial charge is 0.220 e. The van der Waals surface area contributed by atoms with Crippen molar-refractivity contribution in [3.63, 3.8) is 0 Å². The first-order valence-electron chi connectivity index (χ1n) is 7.04. The molecule has 1 aromatic rings. The van der Waals surface area contributed by atoms with E-state index < -0.39 is 0 Å². The van der Waals surface area contributed by atoms with Crippen LogP contribution in [-0.4, -0.2) is 31.0 Å². The van der Waals surface area contributed by atoms with Crippen molar-refractivity contribution in [1.29, 1.82) is 0 Å². The molecule has 4 heteroatoms. The predicted octanol–water partition coefficient (Wildman–Crippen LogP) is 1.52. The number of hydrogen-bond donors (Lipinski definition) is 2. The van der Waals surface area contributed by atoms with Crippen LogP contribution >= 0.6 is 0 Å². The van der Waals surface area contributed by atoms with Gasteiger partial charge in [-0.05, 0) is 50.4 Å². The summed E-state index contributed by atoms with van der Waals surface area (Å²) in [6.07, 6.45) is 8.49. The molecule has 4 nitrogen and oxygen atoms in total. The molecule has 0 saturated heterocycles. The Bertz CT molecular complexity index is 401. The summed E-state index contributed by atoms with van der Waals surface area (Å²) in [5.41, 5.74) is 1.59. The SMILES string of the molecule is CNCC1(CNC(=O)CCCc2ccncc2)CC1. The third-order valence-corrected chi connectivity index (χ3v) is 3.79. The largest absolute Gasteiger partial charge is 0.355 e. The first-order chi connectivity index (χ1) is 9.24. The predicted molar refractivity (Wildman–Crippen MR) is 75.8 cm³/mol. The van der Waals surface area contributed by atoms with Gasteiger partial charge in [0.25, 0.3) is 0 Å². The van der Waals surface area contributed by atoms with Crippen molar-refractivity contribution < 1.29 is 4.79 Å². The summed E-state index contributed by atoms with van der Waals surface area (Å²) in [5.74, 6) is 0.177. The van der Waals surface area contributed by atoms with Crippen LogP contribution in [0.3, 0.4) is 0 Å². The zero-order chi connectivity index (χ0) is 13.6. The Balaban J connectivity index is 1.60. The van der Waals surface area contributed by atoms with Crippen molar-refractivity contribution in [2.45, 2.75) is 32.1 Å². The van der Waals surface area contributed by atoms with Crippen molar-refractivity contribution in [1.82, 2.24) is 15.6 Å². The third kappa shape index (κ3) is 4.63. The van der Waals surface area contributed by atoms with Crippen LogP contribution in [-0.2, 0) is 11.2 Å². The molecular weight excluding hydrogens is 238 g/mol. The number of rotatable bonds is 8. The van der Waals surface area contributed by atoms with Gasteiger partial charge in [0.1, 0.15) is 0 Å². The molecule has 2 rings (SSSR count). The van der Waals surface area contributed by atoms with Crippen molar-refractivity contribution in [2.24, 2.45) is 5.41 Å². The second-order valence-electron chi connectivity index (χ2n) is 5.52. The number of aryl methyl sites for hydroxylation is 1. The van der Waals surface area contributed by atoms with Gasteiger partial charge in [0.05, 0.1) is 0 Å². The van der Waals surface area contributed by atoms with E-state index in [0.717, 1.165) is 25.9 Å². The number of amides is 1. The van der Waals surface area contributed by atoms with Gasteiger partial charge >= 0.3 is 0 Å². The molecule has 0 bridgehead atoms. The summed E-state index contributed by atoms with van der Waals surface area (Å²) in [6, 6.07) is 4.01. The highest BCUT2D eigenvalue weighted by Crippen LogP contribution is 2.44. The van der Waals surface area contributed by atoms with Gasteiger partial charge in [0, 0.05) is 37.3 Å². The Morgan fingerprint density at radius 1 is 1.32 bits per heavy atom. The number of carbonyl (C=O) groups is 1. The molecule has 0 aromatic carbocycles. The zero-order valence-corrected chi connectivity index (χ0v) is 11.6. The molecule has 1 fully saturated rings. The average molecular weight is 261 g/mol. The lowest BCUT2D eigenvalue weighted by atomic mass is 10.1. The maximum absolute atomic E-state index is 11.8. The van der Waals surface area contributed by atoms with Gasteiger partial charge in [-0.2, -0.15) is 0 Å². The monoisotopic (exact) mass is 261 g/mol. The van der Waals surface area contributed by atoms with E-state index in [9.17, 15) is 4.79 Å². The molecule has 1 saturated carbocycles. The molecule has 0 radical (unpaired) electrons. The lowest BCUT2D eigenvalue weighted by Gasteiger charge is -2.15. The molecule has 0 aliphatic heterocycles. The van der Waals surface area contributed by atoms with Gasteiger partial charge in [0.2, 0.25) is 5.91 Å². The molecule has 0 unspecified atom stereocenters. The molecule has 0 atom stereocenters. The van der Waals surface area contributed by atoms with Crippen molar-refractivity contribution in [3.05, 3.63) is 30.1 Å². The maximum Gasteiger partial charge on any atom is 0.220 e. The molecule has 1 aliphatic carbocycles. The summed E-state index contributed by atoms with van der Waals surface area (Å²) < 4.78 is 0. The summed E-state index contributed by atoms with van der Waals surface area (Å²) in [6.45, 7) is 1.83. The first kappa shape index (κ1) is 14.0. The van der Waals surface area contributed by atoms with Crippen LogP contribution in [0.1, 0.15) is 31.2 Å². The minimum absolute atomic E-state index is 0.177. The zero-order valence-electron chi connectivity index (χ0n) is 11.6. The lowest BCUT2D eigenvalue weighted by Crippen LogP contribution is -2.34. The van der Waals surface area contributed by atoms with Crippen molar-refractivity contribution >= 4 is 5.91 Å². The third-order valence-electron chi connectivity index (χ3n) is 3.79. The topological polar surface area (TPSA) is 54.0 Å². The van der Waals surface area contributed by atoms with Gasteiger partial charge in [-0.3, -0.25) is 9.78 Å². The van der Waals surface area contributed by atoms with Crippen LogP contribution in [0.5, 0.6) is 0 Å². The number of nitrogens with zero attached hydrogens (tertiary/aromatic N) is 1. The van der Waals surface area contributed by atoms with E-state index in [4.69, 9.17) is 0 Å². The number of pyridine rings is 1. The van der Waals surface area contributed by atoms with Gasteiger partial charge in [-0.1, -0.05) is 0 Å². The van der Waals surface area contributed by atoms with Gasteiger partial charge in [-0.25, -0.2) is 0 Å². The van der Waals surface area contributed by atoms with E-state index in [-0.39, 0.29) is 5.91 Å². The average Bonchev–Trinajstić information content (AvgIpc) is 3.19. The van der Waals surface area contributed by atoms with E-state index in [2.05, 4.69) is 15.6 Å². The number of hydrogen-bond acceptors (Lipinski definition) is 3. The van der Waals surface area contributed by atoms with Crippen LogP contribution in [0.4, 0.5) is 0 Å². The Hall–Kier alpha value is -1.42. The van der Waals surface area contributed by atoms with E-state index in [0.29, 0.717) is 11.8 Å². The van der Waals surface area contributed by atoms with Gasteiger partial charge < -0.3 is 10.6 Å². The van der Waals surface area contributed by atoms with Crippen LogP contribution in [0.2, 0.25) is 0 Å². The van der Waals surface area contributed by atoms with Crippen LogP contribution in [0, 0.1) is 5.41 Å². The van der Waals surface area contributed by atoms with Crippen LogP contribution in [0.15, 0.2) is 24.5 Å². The van der Waals surface area contributed by atoms with Crippen molar-refractivity contribution in [3.8, 4) is 0 Å². The highest BCUT2D eigenvalue weighted by Gasteiger charge is 2.41. The van der Waals surface area contributed by atoms with E-state index >= 15 is 0 Å². The van der Waals surface area contributed by atoms with Gasteiger partial charge in [-0.15, -0.1) is 0 Å². The lowest BCUT2D eigenvalue weighted by molar-refractivity contribution is -0.121. The molecule has 1 aromatic heterocycles. The standard InChI is InChI=1S/C15H23N3O/c1-16-11-15(7-8-15)12-18-14(19)4-2-3-13-5-9-17-10-6-13/h5-6,9-10,16H,2-4,7-8,11-12H2,1H3,(H,18,19). The van der Waals surface area contributed by atoms with Gasteiger partial charge in [0.15, 0.2) is 0 Å². The molecule has 1 amide bonds. The summed E-state index contributed by atoms with van der Waals surface area (Å²) >= 11 is 0. The summed E-state index contributed by atoms with van der Waals surface area (Å²) in [7, 11) is 1.97. The second kappa shape index (κ2) is 6.66. The molecular formula is C15H23N3O. The fraction of sp³-hybridized carbons (Fsp3) is 0.600. The van der Waals surface area contributed by atoms with E-state index in [1.165, 1.54) is 18.4 Å². The molecule has 1 aliphatic rings. The fourth-order valence-electron chi connectivity index (χ4n) is 2.34. The Morgan fingerprint density at radius 3 is 2.68 bits per heavy atom. The molecule has 1 heterocycles. The summed E-state index contributed by atoms with van der Waals surface area (Å²) in [4.78, 5) is 15.8. The first-order valence-corrected chi connectivity index (χ1v) is 7.04. The van der Waals surface area contributed by atoms with Crippen LogP contribution < -0.4 is 10.6 Å². The fourth-order valence-corrected chi connectivity index (χ4v) is 2.34. The molecule has 0 spiro atoms. The number of carbonyl (C=O) groups excluding carboxylic acids is 1. The molecule has 104 valence electrons. The number of aromatic nitrogens is 1. The molecule has 19 heavy (non-hydrogen) atoms. The summed E-state index contributed by atoms with van der Waals surface area (Å²) in [5, 5.41) is 6.27. The Labute approximate surface area is 115 Å². The highest BCUT2D eigenvalue weighted by atomic mass is 16.1. The minimum Gasteiger partial charge on any atom is -0.355 e.